The summed E-state index contributed by atoms with van der Waals surface area (Å²) in [6.07, 6.45) is 0. The molecule has 0 fully saturated rings. The predicted molar refractivity (Wildman–Crippen MR) is 61.1 cm³/mol. The average molecular weight is 230 g/mol. The van der Waals surface area contributed by atoms with Gasteiger partial charge in [0.1, 0.15) is 17.4 Å². The van der Waals surface area contributed by atoms with Crippen molar-refractivity contribution in [2.24, 2.45) is 0 Å². The Morgan fingerprint density at radius 2 is 2.12 bits per heavy atom. The van der Waals surface area contributed by atoms with Crippen molar-refractivity contribution in [3.63, 3.8) is 0 Å². The van der Waals surface area contributed by atoms with Crippen molar-refractivity contribution in [3.8, 4) is 0 Å². The minimum atomic E-state index is -0.887. The maximum absolute atomic E-state index is 11.8. The molecule has 1 unspecified atom stereocenters. The van der Waals surface area contributed by atoms with Crippen LogP contribution in [0, 0.1) is 0 Å². The van der Waals surface area contributed by atoms with Gasteiger partial charge in [0.2, 0.25) is 5.91 Å². The van der Waals surface area contributed by atoms with Crippen LogP contribution in [0.2, 0.25) is 0 Å². The fourth-order valence-corrected chi connectivity index (χ4v) is 1.86. The molecule has 0 aliphatic carbocycles. The number of anilines is 1. The van der Waals surface area contributed by atoms with Gasteiger partial charge in [-0.1, -0.05) is 18.2 Å². The molecule has 0 spiro atoms. The zero-order chi connectivity index (χ0) is 12.4. The molecule has 2 N–H and O–H groups in total. The first-order chi connectivity index (χ1) is 8.19. The Morgan fingerprint density at radius 3 is 2.76 bits per heavy atom. The summed E-state index contributed by atoms with van der Waals surface area (Å²) in [5.74, 6) is -0.307. The van der Waals surface area contributed by atoms with Gasteiger partial charge in [0, 0.05) is 12.7 Å². The number of amides is 2. The van der Waals surface area contributed by atoms with Crippen LogP contribution in [0.25, 0.3) is 0 Å². The molecule has 1 aromatic carbocycles. The second-order valence-corrected chi connectivity index (χ2v) is 3.60. The van der Waals surface area contributed by atoms with E-state index in [-0.39, 0.29) is 5.57 Å². The predicted octanol–water partition coefficient (Wildman–Crippen LogP) is 0.226. The summed E-state index contributed by atoms with van der Waals surface area (Å²) >= 11 is 0. The topological polar surface area (TPSA) is 75.3 Å². The lowest BCUT2D eigenvalue weighted by molar-refractivity contribution is -0.123. The van der Waals surface area contributed by atoms with Crippen molar-refractivity contribution in [2.45, 2.75) is 5.92 Å². The Morgan fingerprint density at radius 1 is 1.41 bits per heavy atom. The third-order valence-electron chi connectivity index (χ3n) is 2.67. The standard InChI is InChI=1S/C12H10N2O3/c1-13-12(17)10-7-4-2-3-5-9(7)14-11(16)8(10)6-15/h2-5,10H,1H3,(H,13,17)(H,14,16). The molecule has 1 heterocycles. The van der Waals surface area contributed by atoms with Crippen LogP contribution in [0.5, 0.6) is 0 Å². The van der Waals surface area contributed by atoms with Gasteiger partial charge in [0.15, 0.2) is 0 Å². The van der Waals surface area contributed by atoms with Gasteiger partial charge in [-0.05, 0) is 11.6 Å². The lowest BCUT2D eigenvalue weighted by Crippen LogP contribution is -2.35. The lowest BCUT2D eigenvalue weighted by atomic mass is 9.86. The number of hydrogen-bond acceptors (Lipinski definition) is 3. The molecule has 0 bridgehead atoms. The fourth-order valence-electron chi connectivity index (χ4n) is 1.86. The van der Waals surface area contributed by atoms with Gasteiger partial charge in [-0.25, -0.2) is 4.79 Å². The van der Waals surface area contributed by atoms with E-state index in [0.29, 0.717) is 11.3 Å². The molecule has 86 valence electrons. The highest BCUT2D eigenvalue weighted by Crippen LogP contribution is 2.34. The molecule has 2 rings (SSSR count). The summed E-state index contributed by atoms with van der Waals surface area (Å²) in [5.41, 5.74) is 0.956. The Balaban J connectivity index is 2.62. The van der Waals surface area contributed by atoms with Gasteiger partial charge in [0.25, 0.3) is 5.91 Å². The molecular weight excluding hydrogens is 220 g/mol. The number of rotatable bonds is 1. The molecule has 0 saturated heterocycles. The van der Waals surface area contributed by atoms with E-state index in [1.807, 2.05) is 0 Å². The summed E-state index contributed by atoms with van der Waals surface area (Å²) in [6.45, 7) is 0. The van der Waals surface area contributed by atoms with Crippen molar-refractivity contribution in [1.29, 1.82) is 0 Å². The molecule has 1 aliphatic heterocycles. The van der Waals surface area contributed by atoms with Gasteiger partial charge in [-0.3, -0.25) is 9.59 Å². The molecule has 0 radical (unpaired) electrons. The van der Waals surface area contributed by atoms with Crippen LogP contribution < -0.4 is 10.6 Å². The highest BCUT2D eigenvalue weighted by molar-refractivity contribution is 6.17. The van der Waals surface area contributed by atoms with Crippen molar-refractivity contribution < 1.29 is 14.4 Å². The monoisotopic (exact) mass is 230 g/mol. The molecule has 17 heavy (non-hydrogen) atoms. The van der Waals surface area contributed by atoms with E-state index in [1.54, 1.807) is 30.2 Å². The summed E-state index contributed by atoms with van der Waals surface area (Å²) in [7, 11) is 1.46. The van der Waals surface area contributed by atoms with Gasteiger partial charge in [0.05, 0.1) is 0 Å². The zero-order valence-electron chi connectivity index (χ0n) is 9.11. The van der Waals surface area contributed by atoms with Crippen molar-refractivity contribution >= 4 is 23.4 Å². The van der Waals surface area contributed by atoms with E-state index in [1.165, 1.54) is 7.05 Å². The Bertz CT molecular complexity index is 544. The van der Waals surface area contributed by atoms with E-state index in [0.717, 1.165) is 0 Å². The van der Waals surface area contributed by atoms with Crippen LogP contribution >= 0.6 is 0 Å². The second-order valence-electron chi connectivity index (χ2n) is 3.60. The quantitative estimate of drug-likeness (QED) is 0.535. The van der Waals surface area contributed by atoms with Crippen LogP contribution in [0.1, 0.15) is 11.5 Å². The molecule has 1 aliphatic rings. The summed E-state index contributed by atoms with van der Waals surface area (Å²) < 4.78 is 0. The average Bonchev–Trinajstić information content (AvgIpc) is 2.36. The molecule has 1 aromatic rings. The highest BCUT2D eigenvalue weighted by atomic mass is 16.2. The first kappa shape index (κ1) is 11.1. The summed E-state index contributed by atoms with van der Waals surface area (Å²) in [4.78, 5) is 34.2. The van der Waals surface area contributed by atoms with Gasteiger partial charge in [-0.15, -0.1) is 0 Å². The Kier molecular flexibility index (Phi) is 2.77. The zero-order valence-corrected chi connectivity index (χ0v) is 9.11. The normalized spacial score (nSPS) is 17.8. The largest absolute Gasteiger partial charge is 0.358 e. The number of likely N-dealkylation sites (N-methyl/N-ethyl adjacent to an activating group) is 1. The molecule has 2 amide bonds. The van der Waals surface area contributed by atoms with Gasteiger partial charge < -0.3 is 10.6 Å². The van der Waals surface area contributed by atoms with E-state index in [4.69, 9.17) is 0 Å². The maximum Gasteiger partial charge on any atom is 0.263 e. The number of para-hydroxylation sites is 1. The number of hydrogen-bond donors (Lipinski definition) is 2. The SMILES string of the molecule is CNC(=O)C1C(=C=O)C(=O)Nc2ccccc21. The Hall–Kier alpha value is -2.39. The fraction of sp³-hybridized carbons (Fsp3) is 0.167. The third kappa shape index (κ3) is 1.73. The first-order valence-corrected chi connectivity index (χ1v) is 5.06. The first-order valence-electron chi connectivity index (χ1n) is 5.06. The highest BCUT2D eigenvalue weighted by Gasteiger charge is 2.35. The molecule has 0 saturated carbocycles. The van der Waals surface area contributed by atoms with Crippen LogP contribution in [0.15, 0.2) is 29.8 Å². The molecule has 0 aromatic heterocycles. The second kappa shape index (κ2) is 4.23. The number of nitrogens with one attached hydrogen (secondary N) is 2. The molecular formula is C12H10N2O3. The number of carbonyl (C=O) groups is 2. The minimum absolute atomic E-state index is 0.192. The van der Waals surface area contributed by atoms with Crippen LogP contribution in [-0.2, 0) is 14.4 Å². The van der Waals surface area contributed by atoms with Crippen molar-refractivity contribution in [2.75, 3.05) is 12.4 Å². The van der Waals surface area contributed by atoms with E-state index in [9.17, 15) is 14.4 Å². The van der Waals surface area contributed by atoms with Gasteiger partial charge >= 0.3 is 0 Å². The van der Waals surface area contributed by atoms with Crippen LogP contribution in [0.4, 0.5) is 5.69 Å². The molecule has 5 heteroatoms. The summed E-state index contributed by atoms with van der Waals surface area (Å²) in [6, 6.07) is 6.88. The molecule has 5 nitrogen and oxygen atoms in total. The Labute approximate surface area is 97.5 Å². The van der Waals surface area contributed by atoms with E-state index < -0.39 is 17.7 Å². The van der Waals surface area contributed by atoms with Crippen molar-refractivity contribution in [3.05, 3.63) is 35.4 Å². The van der Waals surface area contributed by atoms with E-state index >= 15 is 0 Å². The van der Waals surface area contributed by atoms with Gasteiger partial charge in [-0.2, -0.15) is 0 Å². The minimum Gasteiger partial charge on any atom is -0.358 e. The van der Waals surface area contributed by atoms with Crippen LogP contribution in [0.3, 0.4) is 0 Å². The lowest BCUT2D eigenvalue weighted by Gasteiger charge is -2.24. The smallest absolute Gasteiger partial charge is 0.263 e. The summed E-state index contributed by atoms with van der Waals surface area (Å²) in [5, 5.41) is 4.99. The number of fused-ring (bicyclic) bond motifs is 1. The van der Waals surface area contributed by atoms with Crippen LogP contribution in [-0.4, -0.2) is 24.8 Å². The third-order valence-corrected chi connectivity index (χ3v) is 2.67. The maximum atomic E-state index is 11.8. The van der Waals surface area contributed by atoms with Crippen molar-refractivity contribution in [1.82, 2.24) is 5.32 Å². The molecule has 1 atom stereocenters. The number of benzene rings is 1. The van der Waals surface area contributed by atoms with E-state index in [2.05, 4.69) is 10.6 Å². The number of carbonyl (C=O) groups excluding carboxylic acids is 3.